The van der Waals surface area contributed by atoms with Crippen LogP contribution in [0.2, 0.25) is 0 Å². The van der Waals surface area contributed by atoms with Crippen LogP contribution in [-0.4, -0.2) is 22.4 Å². The predicted molar refractivity (Wildman–Crippen MR) is 103 cm³/mol. The van der Waals surface area contributed by atoms with E-state index in [1.807, 2.05) is 36.4 Å². The van der Waals surface area contributed by atoms with Gasteiger partial charge in [-0.15, -0.1) is 0 Å². The van der Waals surface area contributed by atoms with Gasteiger partial charge >= 0.3 is 0 Å². The summed E-state index contributed by atoms with van der Waals surface area (Å²) in [6.45, 7) is 0.388. The normalized spacial score (nSPS) is 15.8. The molecule has 0 spiro atoms. The van der Waals surface area contributed by atoms with Crippen LogP contribution < -0.4 is 16.4 Å². The fraction of sp³-hybridized carbons (Fsp3) is 0.250. The Bertz CT molecular complexity index is 947. The first-order chi connectivity index (χ1) is 13.2. The Balaban J connectivity index is 1.50. The third-order valence-corrected chi connectivity index (χ3v) is 4.65. The number of allylic oxidation sites excluding steroid dienone is 1. The van der Waals surface area contributed by atoms with Gasteiger partial charge < -0.3 is 20.8 Å². The van der Waals surface area contributed by atoms with Crippen molar-refractivity contribution in [3.63, 3.8) is 0 Å². The Morgan fingerprint density at radius 2 is 2.04 bits per heavy atom. The number of hydrogen-bond donors (Lipinski definition) is 3. The van der Waals surface area contributed by atoms with Crippen LogP contribution in [0.3, 0.4) is 0 Å². The average molecular weight is 363 g/mol. The highest BCUT2D eigenvalue weighted by Gasteiger charge is 2.26. The number of fused-ring (bicyclic) bond motifs is 1. The minimum Gasteiger partial charge on any atom is -0.424 e. The zero-order chi connectivity index (χ0) is 18.6. The molecule has 2 heterocycles. The van der Waals surface area contributed by atoms with Crippen molar-refractivity contribution in [3.8, 4) is 0 Å². The predicted octanol–water partition coefficient (Wildman–Crippen LogP) is 2.89. The van der Waals surface area contributed by atoms with Crippen molar-refractivity contribution in [2.24, 2.45) is 5.73 Å². The topological polar surface area (TPSA) is 106 Å². The van der Waals surface area contributed by atoms with Crippen molar-refractivity contribution in [3.05, 3.63) is 65.6 Å². The molecule has 7 nitrogen and oxygen atoms in total. The number of benzene rings is 1. The smallest absolute Gasteiger partial charge is 0.297 e. The molecule has 4 N–H and O–H groups in total. The Morgan fingerprint density at radius 3 is 2.85 bits per heavy atom. The number of anilines is 1. The molecule has 7 heteroatoms. The van der Waals surface area contributed by atoms with Crippen LogP contribution in [-0.2, 0) is 4.79 Å². The average Bonchev–Trinajstić information content (AvgIpc) is 3.11. The SMILES string of the molecule is NC(C1=C(NCNc2nc3ccccc3o2)CCCC1=O)c1cccnc1. The summed E-state index contributed by atoms with van der Waals surface area (Å²) < 4.78 is 5.64. The highest BCUT2D eigenvalue weighted by molar-refractivity contribution is 5.98. The highest BCUT2D eigenvalue weighted by Crippen LogP contribution is 2.29. The van der Waals surface area contributed by atoms with Crippen molar-refractivity contribution < 1.29 is 9.21 Å². The Kier molecular flexibility index (Phi) is 4.84. The van der Waals surface area contributed by atoms with E-state index in [9.17, 15) is 4.79 Å². The maximum Gasteiger partial charge on any atom is 0.297 e. The molecule has 0 aliphatic heterocycles. The minimum atomic E-state index is -0.488. The van der Waals surface area contributed by atoms with Crippen LogP contribution in [0, 0.1) is 0 Å². The molecule has 1 aliphatic rings. The minimum absolute atomic E-state index is 0.0852. The summed E-state index contributed by atoms with van der Waals surface area (Å²) >= 11 is 0. The molecule has 0 radical (unpaired) electrons. The van der Waals surface area contributed by atoms with Gasteiger partial charge in [0.1, 0.15) is 5.52 Å². The van der Waals surface area contributed by atoms with Crippen molar-refractivity contribution in [1.82, 2.24) is 15.3 Å². The zero-order valence-electron chi connectivity index (χ0n) is 14.8. The molecule has 0 amide bonds. The summed E-state index contributed by atoms with van der Waals surface area (Å²) in [7, 11) is 0. The molecule has 0 saturated carbocycles. The van der Waals surface area contributed by atoms with Gasteiger partial charge in [-0.2, -0.15) is 4.98 Å². The first kappa shape index (κ1) is 17.2. The number of ketones is 1. The fourth-order valence-corrected chi connectivity index (χ4v) is 3.31. The number of rotatable bonds is 6. The van der Waals surface area contributed by atoms with Gasteiger partial charge in [-0.1, -0.05) is 18.2 Å². The molecule has 0 fully saturated rings. The third-order valence-electron chi connectivity index (χ3n) is 4.65. The lowest BCUT2D eigenvalue weighted by Crippen LogP contribution is -2.31. The number of oxazole rings is 1. The number of aromatic nitrogens is 2. The van der Waals surface area contributed by atoms with Gasteiger partial charge in [0.05, 0.1) is 12.7 Å². The summed E-state index contributed by atoms with van der Waals surface area (Å²) in [5.74, 6) is 0.0852. The maximum atomic E-state index is 12.5. The Labute approximate surface area is 156 Å². The molecule has 4 rings (SSSR count). The Hall–Kier alpha value is -3.19. The zero-order valence-corrected chi connectivity index (χ0v) is 14.8. The molecule has 3 aromatic rings. The van der Waals surface area contributed by atoms with Gasteiger partial charge in [0.25, 0.3) is 6.01 Å². The maximum absolute atomic E-state index is 12.5. The van der Waals surface area contributed by atoms with Gasteiger partial charge in [-0.25, -0.2) is 0 Å². The van der Waals surface area contributed by atoms with Crippen molar-refractivity contribution in [2.45, 2.75) is 25.3 Å². The van der Waals surface area contributed by atoms with E-state index in [2.05, 4.69) is 20.6 Å². The van der Waals surface area contributed by atoms with Crippen molar-refractivity contribution in [2.75, 3.05) is 12.0 Å². The second-order valence-electron chi connectivity index (χ2n) is 6.45. The van der Waals surface area contributed by atoms with Gasteiger partial charge in [0, 0.05) is 30.1 Å². The van der Waals surface area contributed by atoms with Gasteiger partial charge in [-0.3, -0.25) is 9.78 Å². The van der Waals surface area contributed by atoms with E-state index in [4.69, 9.17) is 10.2 Å². The lowest BCUT2D eigenvalue weighted by atomic mass is 9.87. The molecular formula is C20H21N5O2. The number of Topliss-reactive ketones (excluding diaryl/α,β-unsaturated/α-hetero) is 1. The van der Waals surface area contributed by atoms with Crippen LogP contribution in [0.4, 0.5) is 6.01 Å². The van der Waals surface area contributed by atoms with Crippen LogP contribution in [0.5, 0.6) is 0 Å². The van der Waals surface area contributed by atoms with E-state index in [1.54, 1.807) is 12.4 Å². The van der Waals surface area contributed by atoms with E-state index in [-0.39, 0.29) is 5.78 Å². The van der Waals surface area contributed by atoms with E-state index >= 15 is 0 Å². The van der Waals surface area contributed by atoms with Crippen LogP contribution >= 0.6 is 0 Å². The van der Waals surface area contributed by atoms with Crippen LogP contribution in [0.1, 0.15) is 30.9 Å². The molecule has 1 atom stereocenters. The summed E-state index contributed by atoms with van der Waals surface area (Å²) in [5.41, 5.74) is 10.2. The van der Waals surface area contributed by atoms with Crippen LogP contribution in [0.25, 0.3) is 11.1 Å². The van der Waals surface area contributed by atoms with Gasteiger partial charge in [0.15, 0.2) is 11.4 Å². The highest BCUT2D eigenvalue weighted by atomic mass is 16.4. The number of carbonyl (C=O) groups excluding carboxylic acids is 1. The van der Waals surface area contributed by atoms with E-state index in [0.717, 1.165) is 35.2 Å². The van der Waals surface area contributed by atoms with Gasteiger partial charge in [0.2, 0.25) is 0 Å². The van der Waals surface area contributed by atoms with E-state index in [1.165, 1.54) is 0 Å². The lowest BCUT2D eigenvalue weighted by molar-refractivity contribution is -0.116. The molecule has 27 heavy (non-hydrogen) atoms. The summed E-state index contributed by atoms with van der Waals surface area (Å²) in [4.78, 5) is 21.0. The fourth-order valence-electron chi connectivity index (χ4n) is 3.31. The molecule has 0 bridgehead atoms. The number of nitrogens with one attached hydrogen (secondary N) is 2. The van der Waals surface area contributed by atoms with E-state index < -0.39 is 6.04 Å². The molecule has 0 saturated heterocycles. The third kappa shape index (κ3) is 3.68. The second kappa shape index (κ2) is 7.59. The summed E-state index contributed by atoms with van der Waals surface area (Å²) in [6.07, 6.45) is 5.51. The van der Waals surface area contributed by atoms with Crippen molar-refractivity contribution in [1.29, 1.82) is 0 Å². The number of para-hydroxylation sites is 2. The molecule has 2 aromatic heterocycles. The van der Waals surface area contributed by atoms with E-state index in [0.29, 0.717) is 24.7 Å². The Morgan fingerprint density at radius 1 is 1.15 bits per heavy atom. The largest absolute Gasteiger partial charge is 0.424 e. The van der Waals surface area contributed by atoms with Crippen LogP contribution in [0.15, 0.2) is 64.5 Å². The molecular weight excluding hydrogens is 342 g/mol. The lowest BCUT2D eigenvalue weighted by Gasteiger charge is -2.25. The number of carbonyl (C=O) groups is 1. The molecule has 1 aromatic carbocycles. The quantitative estimate of drug-likeness (QED) is 0.578. The first-order valence-corrected chi connectivity index (χ1v) is 8.97. The van der Waals surface area contributed by atoms with Gasteiger partial charge in [-0.05, 0) is 36.6 Å². The summed E-state index contributed by atoms with van der Waals surface area (Å²) in [6, 6.07) is 11.2. The van der Waals surface area contributed by atoms with Crippen molar-refractivity contribution >= 4 is 22.9 Å². The molecule has 1 aliphatic carbocycles. The first-order valence-electron chi connectivity index (χ1n) is 8.97. The number of pyridine rings is 1. The summed E-state index contributed by atoms with van der Waals surface area (Å²) in [5, 5.41) is 6.40. The number of nitrogens with two attached hydrogens (primary N) is 1. The number of hydrogen-bond acceptors (Lipinski definition) is 7. The standard InChI is InChI=1S/C20H21N5O2/c21-19(13-5-4-10-22-11-13)18-15(7-3-8-16(18)26)23-12-24-20-25-14-6-1-2-9-17(14)27-20/h1-2,4-6,9-11,19,23H,3,7-8,12,21H2,(H,24,25). The second-order valence-corrected chi connectivity index (χ2v) is 6.45. The molecule has 1 unspecified atom stereocenters. The number of nitrogens with zero attached hydrogens (tertiary/aromatic N) is 2. The monoisotopic (exact) mass is 363 g/mol. The molecule has 138 valence electrons.